The molecule has 1 aliphatic heterocycles. The van der Waals surface area contributed by atoms with Gasteiger partial charge in [-0.2, -0.15) is 0 Å². The number of carbonyl (C=O) groups excluding carboxylic acids is 1. The minimum atomic E-state index is -0.394. The topological polar surface area (TPSA) is 56.9 Å². The van der Waals surface area contributed by atoms with Crippen LogP contribution in [0.5, 0.6) is 0 Å². The summed E-state index contributed by atoms with van der Waals surface area (Å²) in [5.74, 6) is 1.06. The van der Waals surface area contributed by atoms with Crippen molar-refractivity contribution in [2.24, 2.45) is 0 Å². The first-order valence-corrected chi connectivity index (χ1v) is 6.92. The molecule has 0 unspecified atom stereocenters. The molecule has 1 saturated heterocycles. The van der Waals surface area contributed by atoms with Gasteiger partial charge >= 0.3 is 0 Å². The van der Waals surface area contributed by atoms with E-state index in [0.717, 1.165) is 25.4 Å². The number of rotatable bonds is 5. The third-order valence-electron chi connectivity index (χ3n) is 3.60. The number of hydrogen-bond acceptors (Lipinski definition) is 4. The molecule has 5 nitrogen and oxygen atoms in total. The molecule has 0 aromatic carbocycles. The molecule has 0 spiro atoms. The zero-order valence-electron chi connectivity index (χ0n) is 11.6. The molecule has 106 valence electrons. The van der Waals surface area contributed by atoms with Crippen molar-refractivity contribution in [1.82, 2.24) is 9.80 Å². The second-order valence-electron chi connectivity index (χ2n) is 4.92. The molecule has 5 heteroatoms. The first kappa shape index (κ1) is 14.1. The fourth-order valence-electron chi connectivity index (χ4n) is 2.33. The third-order valence-corrected chi connectivity index (χ3v) is 3.60. The van der Waals surface area contributed by atoms with E-state index in [2.05, 4.69) is 18.7 Å². The maximum absolute atomic E-state index is 12.1. The molecule has 1 aliphatic rings. The Morgan fingerprint density at radius 1 is 1.47 bits per heavy atom. The van der Waals surface area contributed by atoms with Crippen LogP contribution in [0.15, 0.2) is 16.5 Å². The first-order chi connectivity index (χ1) is 9.13. The number of aliphatic hydroxyl groups excluding tert-OH is 1. The highest BCUT2D eigenvalue weighted by Gasteiger charge is 2.27. The summed E-state index contributed by atoms with van der Waals surface area (Å²) in [6.45, 7) is 7.85. The average Bonchev–Trinajstić information content (AvgIpc) is 3.04. The van der Waals surface area contributed by atoms with E-state index >= 15 is 0 Å². The van der Waals surface area contributed by atoms with Gasteiger partial charge in [0.2, 0.25) is 0 Å². The van der Waals surface area contributed by atoms with E-state index < -0.39 is 6.10 Å². The summed E-state index contributed by atoms with van der Waals surface area (Å²) in [4.78, 5) is 16.0. The van der Waals surface area contributed by atoms with Crippen LogP contribution >= 0.6 is 0 Å². The number of hydrogen-bond donors (Lipinski definition) is 1. The number of carbonyl (C=O) groups is 1. The summed E-state index contributed by atoms with van der Waals surface area (Å²) in [6, 6.07) is 3.59. The van der Waals surface area contributed by atoms with Gasteiger partial charge in [0, 0.05) is 13.1 Å². The van der Waals surface area contributed by atoms with Crippen LogP contribution in [0.1, 0.15) is 36.6 Å². The maximum Gasteiger partial charge on any atom is 0.289 e. The minimum Gasteiger partial charge on any atom is -0.455 e. The van der Waals surface area contributed by atoms with Gasteiger partial charge in [-0.25, -0.2) is 0 Å². The summed E-state index contributed by atoms with van der Waals surface area (Å²) < 4.78 is 5.61. The van der Waals surface area contributed by atoms with E-state index in [9.17, 15) is 9.90 Å². The lowest BCUT2D eigenvalue weighted by Crippen LogP contribution is -2.29. The van der Waals surface area contributed by atoms with Gasteiger partial charge in [-0.1, -0.05) is 13.8 Å². The molecule has 2 heterocycles. The van der Waals surface area contributed by atoms with Crippen LogP contribution in [0.2, 0.25) is 0 Å². The standard InChI is InChI=1S/C14H22N2O3/c1-3-15(4-2)10-12-5-6-13(19-12)14(18)16-8-7-11(17)9-16/h5-6,11,17H,3-4,7-10H2,1-2H3/t11-/m0/s1. The second-order valence-corrected chi connectivity index (χ2v) is 4.92. The van der Waals surface area contributed by atoms with Crippen LogP contribution in [0.4, 0.5) is 0 Å². The molecule has 19 heavy (non-hydrogen) atoms. The van der Waals surface area contributed by atoms with Crippen molar-refractivity contribution in [2.45, 2.75) is 32.9 Å². The monoisotopic (exact) mass is 266 g/mol. The number of likely N-dealkylation sites (tertiary alicyclic amines) is 1. The highest BCUT2D eigenvalue weighted by molar-refractivity contribution is 5.91. The molecule has 1 amide bonds. The molecule has 1 N–H and O–H groups in total. The second kappa shape index (κ2) is 6.21. The van der Waals surface area contributed by atoms with Crippen LogP contribution < -0.4 is 0 Å². The molecular formula is C14H22N2O3. The van der Waals surface area contributed by atoms with Gasteiger partial charge in [-0.3, -0.25) is 9.69 Å². The molecule has 0 aliphatic carbocycles. The third kappa shape index (κ3) is 3.36. The van der Waals surface area contributed by atoms with E-state index in [1.54, 1.807) is 11.0 Å². The van der Waals surface area contributed by atoms with Crippen LogP contribution in [0.25, 0.3) is 0 Å². The molecule has 0 bridgehead atoms. The van der Waals surface area contributed by atoms with Crippen molar-refractivity contribution in [3.63, 3.8) is 0 Å². The highest BCUT2D eigenvalue weighted by Crippen LogP contribution is 2.16. The minimum absolute atomic E-state index is 0.123. The van der Waals surface area contributed by atoms with Crippen molar-refractivity contribution in [3.8, 4) is 0 Å². The molecule has 0 saturated carbocycles. The Labute approximate surface area is 113 Å². The Morgan fingerprint density at radius 2 is 2.21 bits per heavy atom. The van der Waals surface area contributed by atoms with Gasteiger partial charge in [-0.05, 0) is 31.6 Å². The van der Waals surface area contributed by atoms with Gasteiger partial charge in [-0.15, -0.1) is 0 Å². The van der Waals surface area contributed by atoms with Gasteiger partial charge in [0.1, 0.15) is 5.76 Å². The Bertz CT molecular complexity index is 426. The van der Waals surface area contributed by atoms with Gasteiger partial charge in [0.05, 0.1) is 12.6 Å². The lowest BCUT2D eigenvalue weighted by Gasteiger charge is -2.16. The van der Waals surface area contributed by atoms with E-state index in [-0.39, 0.29) is 5.91 Å². The molecule has 0 radical (unpaired) electrons. The van der Waals surface area contributed by atoms with E-state index in [4.69, 9.17) is 4.42 Å². The molecule has 1 aromatic heterocycles. The molecule has 2 rings (SSSR count). The van der Waals surface area contributed by atoms with Crippen LogP contribution in [-0.2, 0) is 6.54 Å². The molecule has 1 aromatic rings. The van der Waals surface area contributed by atoms with Gasteiger partial charge < -0.3 is 14.4 Å². The predicted octanol–water partition coefficient (Wildman–Crippen LogP) is 1.33. The zero-order valence-corrected chi connectivity index (χ0v) is 11.6. The lowest BCUT2D eigenvalue weighted by atomic mass is 10.3. The highest BCUT2D eigenvalue weighted by atomic mass is 16.4. The number of nitrogens with zero attached hydrogens (tertiary/aromatic N) is 2. The lowest BCUT2D eigenvalue weighted by molar-refractivity contribution is 0.0730. The van der Waals surface area contributed by atoms with Gasteiger partial charge in [0.25, 0.3) is 5.91 Å². The van der Waals surface area contributed by atoms with Crippen LogP contribution in [-0.4, -0.2) is 53.1 Å². The quantitative estimate of drug-likeness (QED) is 0.873. The number of furan rings is 1. The summed E-state index contributed by atoms with van der Waals surface area (Å²) in [6.07, 6.45) is 0.257. The number of amides is 1. The summed E-state index contributed by atoms with van der Waals surface area (Å²) in [5, 5.41) is 9.45. The van der Waals surface area contributed by atoms with Crippen molar-refractivity contribution < 1.29 is 14.3 Å². The van der Waals surface area contributed by atoms with Gasteiger partial charge in [0.15, 0.2) is 5.76 Å². The van der Waals surface area contributed by atoms with Crippen molar-refractivity contribution in [3.05, 3.63) is 23.7 Å². The average molecular weight is 266 g/mol. The van der Waals surface area contributed by atoms with Crippen molar-refractivity contribution in [1.29, 1.82) is 0 Å². The predicted molar refractivity (Wildman–Crippen MR) is 71.9 cm³/mol. The summed E-state index contributed by atoms with van der Waals surface area (Å²) >= 11 is 0. The van der Waals surface area contributed by atoms with Crippen LogP contribution in [0.3, 0.4) is 0 Å². The number of aliphatic hydroxyl groups is 1. The van der Waals surface area contributed by atoms with Crippen molar-refractivity contribution in [2.75, 3.05) is 26.2 Å². The van der Waals surface area contributed by atoms with E-state index in [1.807, 2.05) is 6.07 Å². The largest absolute Gasteiger partial charge is 0.455 e. The van der Waals surface area contributed by atoms with Crippen molar-refractivity contribution >= 4 is 5.91 Å². The Kier molecular flexibility index (Phi) is 4.61. The Balaban J connectivity index is 1.98. The molecular weight excluding hydrogens is 244 g/mol. The normalized spacial score (nSPS) is 19.4. The van der Waals surface area contributed by atoms with Crippen LogP contribution in [0, 0.1) is 0 Å². The summed E-state index contributed by atoms with van der Waals surface area (Å²) in [5.41, 5.74) is 0. The molecule has 1 fully saturated rings. The van der Waals surface area contributed by atoms with E-state index in [0.29, 0.717) is 25.3 Å². The smallest absolute Gasteiger partial charge is 0.289 e. The summed E-state index contributed by atoms with van der Waals surface area (Å²) in [7, 11) is 0. The SMILES string of the molecule is CCN(CC)Cc1ccc(C(=O)N2CC[C@H](O)C2)o1. The fraction of sp³-hybridized carbons (Fsp3) is 0.643. The first-order valence-electron chi connectivity index (χ1n) is 6.92. The van der Waals surface area contributed by atoms with E-state index in [1.165, 1.54) is 0 Å². The fourth-order valence-corrected chi connectivity index (χ4v) is 2.33. The number of β-amino-alcohol motifs (C(OH)–C–C–N with tert-alkyl or cyclic N) is 1. The Hall–Kier alpha value is -1.33. The zero-order chi connectivity index (χ0) is 13.8. The molecule has 1 atom stereocenters. The maximum atomic E-state index is 12.1. The Morgan fingerprint density at radius 3 is 2.79 bits per heavy atom.